The predicted molar refractivity (Wildman–Crippen MR) is 99.6 cm³/mol. The van der Waals surface area contributed by atoms with E-state index in [1.807, 2.05) is 54.0 Å². The number of hydrogen-bond donors (Lipinski definition) is 0. The molecule has 4 rings (SSSR count). The highest BCUT2D eigenvalue weighted by Crippen LogP contribution is 2.33. The van der Waals surface area contributed by atoms with Crippen LogP contribution in [0.4, 0.5) is 5.69 Å². The van der Waals surface area contributed by atoms with E-state index < -0.39 is 0 Å². The molecular formula is C19H16BrN3O2. The smallest absolute Gasteiger partial charge is 0.278 e. The van der Waals surface area contributed by atoms with Crippen LogP contribution in [-0.4, -0.2) is 28.6 Å². The van der Waals surface area contributed by atoms with Gasteiger partial charge in [0.2, 0.25) is 0 Å². The fraction of sp³-hybridized carbons (Fsp3) is 0.158. The lowest BCUT2D eigenvalue weighted by Crippen LogP contribution is -2.38. The van der Waals surface area contributed by atoms with Gasteiger partial charge in [-0.25, -0.2) is 4.98 Å². The summed E-state index contributed by atoms with van der Waals surface area (Å²) in [5.74, 6) is 0.621. The molecule has 0 fully saturated rings. The summed E-state index contributed by atoms with van der Waals surface area (Å²) in [7, 11) is 0. The Bertz CT molecular complexity index is 934. The van der Waals surface area contributed by atoms with E-state index in [4.69, 9.17) is 4.74 Å². The zero-order valence-electron chi connectivity index (χ0n) is 13.6. The Morgan fingerprint density at radius 3 is 2.80 bits per heavy atom. The first-order valence-corrected chi connectivity index (χ1v) is 8.76. The SMILES string of the molecule is Cc1ccc2c(c1)OCCN2C(=O)c1cn(-c2ccc(Br)cc2)cn1. The molecule has 0 saturated heterocycles. The summed E-state index contributed by atoms with van der Waals surface area (Å²) in [6.07, 6.45) is 3.42. The Kier molecular flexibility index (Phi) is 4.05. The molecule has 25 heavy (non-hydrogen) atoms. The first-order valence-electron chi connectivity index (χ1n) is 7.97. The van der Waals surface area contributed by atoms with Gasteiger partial charge in [0.05, 0.1) is 12.2 Å². The van der Waals surface area contributed by atoms with Gasteiger partial charge in [-0.15, -0.1) is 0 Å². The molecule has 0 saturated carbocycles. The summed E-state index contributed by atoms with van der Waals surface area (Å²) in [5, 5.41) is 0. The number of ether oxygens (including phenoxy) is 1. The Morgan fingerprint density at radius 2 is 2.00 bits per heavy atom. The second kappa shape index (κ2) is 6.37. The lowest BCUT2D eigenvalue weighted by atomic mass is 10.1. The third-order valence-corrected chi connectivity index (χ3v) is 4.68. The van der Waals surface area contributed by atoms with Gasteiger partial charge >= 0.3 is 0 Å². The van der Waals surface area contributed by atoms with Crippen molar-refractivity contribution in [3.05, 3.63) is 70.7 Å². The van der Waals surface area contributed by atoms with Crippen LogP contribution in [0.15, 0.2) is 59.5 Å². The Hall–Kier alpha value is -2.60. The topological polar surface area (TPSA) is 47.4 Å². The average Bonchev–Trinajstić information content (AvgIpc) is 3.11. The zero-order chi connectivity index (χ0) is 17.4. The number of amides is 1. The molecule has 0 atom stereocenters. The fourth-order valence-corrected chi connectivity index (χ4v) is 3.13. The molecular weight excluding hydrogens is 382 g/mol. The van der Waals surface area contributed by atoms with Crippen molar-refractivity contribution in [3.63, 3.8) is 0 Å². The van der Waals surface area contributed by atoms with Gasteiger partial charge in [-0.2, -0.15) is 0 Å². The maximum atomic E-state index is 12.9. The summed E-state index contributed by atoms with van der Waals surface area (Å²) < 4.78 is 8.53. The maximum Gasteiger partial charge on any atom is 0.278 e. The predicted octanol–water partition coefficient (Wildman–Crippen LogP) is 3.98. The molecule has 0 N–H and O–H groups in total. The average molecular weight is 398 g/mol. The van der Waals surface area contributed by atoms with Gasteiger partial charge in [0.15, 0.2) is 0 Å². The Balaban J connectivity index is 1.63. The van der Waals surface area contributed by atoms with Crippen LogP contribution >= 0.6 is 15.9 Å². The third kappa shape index (κ3) is 3.05. The monoisotopic (exact) mass is 397 g/mol. The van der Waals surface area contributed by atoms with Crippen LogP contribution in [0.1, 0.15) is 16.1 Å². The zero-order valence-corrected chi connectivity index (χ0v) is 15.2. The number of nitrogens with zero attached hydrogens (tertiary/aromatic N) is 3. The lowest BCUT2D eigenvalue weighted by Gasteiger charge is -2.29. The van der Waals surface area contributed by atoms with Gasteiger partial charge in [-0.3, -0.25) is 4.79 Å². The highest BCUT2D eigenvalue weighted by molar-refractivity contribution is 9.10. The number of carbonyl (C=O) groups excluding carboxylic acids is 1. The Labute approximate surface area is 154 Å². The van der Waals surface area contributed by atoms with Crippen LogP contribution in [0.2, 0.25) is 0 Å². The number of fused-ring (bicyclic) bond motifs is 1. The van der Waals surface area contributed by atoms with E-state index >= 15 is 0 Å². The minimum absolute atomic E-state index is 0.121. The summed E-state index contributed by atoms with van der Waals surface area (Å²) >= 11 is 3.42. The van der Waals surface area contributed by atoms with Gasteiger partial charge in [-0.1, -0.05) is 22.0 Å². The largest absolute Gasteiger partial charge is 0.490 e. The number of halogens is 1. The molecule has 126 valence electrons. The van der Waals surface area contributed by atoms with Gasteiger partial charge in [0.1, 0.15) is 24.4 Å². The molecule has 0 spiro atoms. The second-order valence-corrected chi connectivity index (χ2v) is 6.83. The first kappa shape index (κ1) is 15.9. The minimum atomic E-state index is -0.121. The summed E-state index contributed by atoms with van der Waals surface area (Å²) in [6.45, 7) is 3.00. The molecule has 0 unspecified atom stereocenters. The van der Waals surface area contributed by atoms with E-state index in [9.17, 15) is 4.79 Å². The molecule has 6 heteroatoms. The number of aryl methyl sites for hydroxylation is 1. The first-order chi connectivity index (χ1) is 12.1. The fourth-order valence-electron chi connectivity index (χ4n) is 2.86. The quantitative estimate of drug-likeness (QED) is 0.656. The normalized spacial score (nSPS) is 13.3. The van der Waals surface area contributed by atoms with E-state index in [0.717, 1.165) is 27.2 Å². The number of carbonyl (C=O) groups is 1. The van der Waals surface area contributed by atoms with E-state index in [1.54, 1.807) is 17.4 Å². The van der Waals surface area contributed by atoms with Crippen molar-refractivity contribution in [2.75, 3.05) is 18.1 Å². The van der Waals surface area contributed by atoms with E-state index in [-0.39, 0.29) is 5.91 Å². The van der Waals surface area contributed by atoms with E-state index in [0.29, 0.717) is 18.8 Å². The summed E-state index contributed by atoms with van der Waals surface area (Å²) in [5.41, 5.74) is 3.26. The van der Waals surface area contributed by atoms with Crippen molar-refractivity contribution in [1.82, 2.24) is 9.55 Å². The van der Waals surface area contributed by atoms with E-state index in [1.165, 1.54) is 0 Å². The summed E-state index contributed by atoms with van der Waals surface area (Å²) in [6, 6.07) is 13.7. The Morgan fingerprint density at radius 1 is 1.20 bits per heavy atom. The highest BCUT2D eigenvalue weighted by Gasteiger charge is 2.26. The van der Waals surface area contributed by atoms with Crippen molar-refractivity contribution < 1.29 is 9.53 Å². The van der Waals surface area contributed by atoms with Crippen molar-refractivity contribution >= 4 is 27.5 Å². The van der Waals surface area contributed by atoms with Gasteiger partial charge in [0, 0.05) is 16.4 Å². The van der Waals surface area contributed by atoms with Crippen molar-refractivity contribution in [1.29, 1.82) is 0 Å². The number of hydrogen-bond acceptors (Lipinski definition) is 3. The number of imidazole rings is 1. The van der Waals surface area contributed by atoms with Gasteiger partial charge in [-0.05, 0) is 48.9 Å². The van der Waals surface area contributed by atoms with Crippen molar-refractivity contribution in [3.8, 4) is 11.4 Å². The van der Waals surface area contributed by atoms with Gasteiger partial charge in [0.25, 0.3) is 5.91 Å². The summed E-state index contributed by atoms with van der Waals surface area (Å²) in [4.78, 5) is 19.0. The molecule has 2 heterocycles. The van der Waals surface area contributed by atoms with Crippen LogP contribution in [0, 0.1) is 6.92 Å². The molecule has 1 amide bonds. The number of rotatable bonds is 2. The molecule has 1 aromatic heterocycles. The lowest BCUT2D eigenvalue weighted by molar-refractivity contribution is 0.0972. The molecule has 1 aliphatic rings. The third-order valence-electron chi connectivity index (χ3n) is 4.15. The molecule has 2 aromatic carbocycles. The number of benzene rings is 2. The molecule has 0 bridgehead atoms. The van der Waals surface area contributed by atoms with Gasteiger partial charge < -0.3 is 14.2 Å². The number of anilines is 1. The second-order valence-electron chi connectivity index (χ2n) is 5.92. The van der Waals surface area contributed by atoms with Crippen molar-refractivity contribution in [2.45, 2.75) is 6.92 Å². The van der Waals surface area contributed by atoms with Crippen molar-refractivity contribution in [2.24, 2.45) is 0 Å². The van der Waals surface area contributed by atoms with E-state index in [2.05, 4.69) is 20.9 Å². The van der Waals surface area contributed by atoms with Crippen LogP contribution in [0.5, 0.6) is 5.75 Å². The van der Waals surface area contributed by atoms with Crippen LogP contribution in [-0.2, 0) is 0 Å². The van der Waals surface area contributed by atoms with Crippen LogP contribution in [0.3, 0.4) is 0 Å². The molecule has 1 aliphatic heterocycles. The molecule has 0 radical (unpaired) electrons. The molecule has 3 aromatic rings. The van der Waals surface area contributed by atoms with Crippen LogP contribution < -0.4 is 9.64 Å². The minimum Gasteiger partial charge on any atom is -0.490 e. The van der Waals surface area contributed by atoms with Crippen LogP contribution in [0.25, 0.3) is 5.69 Å². The highest BCUT2D eigenvalue weighted by atomic mass is 79.9. The standard InChI is InChI=1S/C19H16BrN3O2/c1-13-2-7-17-18(10-13)25-9-8-23(17)19(24)16-11-22(12-21-16)15-5-3-14(20)4-6-15/h2-7,10-12H,8-9H2,1H3. The molecule has 0 aliphatic carbocycles. The number of aromatic nitrogens is 2. The molecule has 5 nitrogen and oxygen atoms in total. The maximum absolute atomic E-state index is 12.9.